The van der Waals surface area contributed by atoms with Gasteiger partial charge in [0.05, 0.1) is 0 Å². The zero-order valence-electron chi connectivity index (χ0n) is 13.9. The van der Waals surface area contributed by atoms with Gasteiger partial charge in [0.15, 0.2) is 5.05 Å². The molecule has 0 N–H and O–H groups in total. The van der Waals surface area contributed by atoms with E-state index in [4.69, 9.17) is 17.0 Å². The monoisotopic (exact) mass is 341 g/mol. The Morgan fingerprint density at radius 1 is 1.09 bits per heavy atom. The minimum absolute atomic E-state index is 0. The summed E-state index contributed by atoms with van der Waals surface area (Å²) in [7, 11) is 0. The molecule has 22 heavy (non-hydrogen) atoms. The van der Waals surface area contributed by atoms with Crippen LogP contribution >= 0.6 is 24.6 Å². The smallest absolute Gasteiger partial charge is 0.191 e. The van der Waals surface area contributed by atoms with Crippen LogP contribution in [0, 0.1) is 0 Å². The molecule has 0 aliphatic carbocycles. The van der Waals surface area contributed by atoms with E-state index < -0.39 is 0 Å². The first kappa shape index (κ1) is 19.4. The normalized spacial score (nSPS) is 16.0. The van der Waals surface area contributed by atoms with Crippen molar-refractivity contribution in [1.82, 2.24) is 4.90 Å². The molecule has 1 fully saturated rings. The van der Waals surface area contributed by atoms with E-state index in [1.54, 1.807) is 0 Å². The maximum atomic E-state index is 5.75. The topological polar surface area (TPSA) is 12.5 Å². The molecule has 1 heterocycles. The van der Waals surface area contributed by atoms with Crippen molar-refractivity contribution in [2.24, 2.45) is 0 Å². The number of piperidine rings is 1. The highest BCUT2D eigenvalue weighted by Gasteiger charge is 2.14. The highest BCUT2D eigenvalue weighted by molar-refractivity contribution is 7.80. The van der Waals surface area contributed by atoms with E-state index in [1.165, 1.54) is 37.9 Å². The van der Waals surface area contributed by atoms with Gasteiger partial charge in [-0.3, -0.25) is 4.90 Å². The second kappa shape index (κ2) is 8.85. The lowest BCUT2D eigenvalue weighted by molar-refractivity contribution is 0.181. The molecule has 1 aromatic carbocycles. The number of halogens is 1. The Labute approximate surface area is 146 Å². The lowest BCUT2D eigenvalue weighted by Gasteiger charge is -2.26. The SMILES string of the molecule is CC(C)(C)c1ccc(C(=S)OCCN2CCCCC2)cc1.Cl. The van der Waals surface area contributed by atoms with Crippen LogP contribution in [0.2, 0.25) is 0 Å². The molecule has 1 aromatic rings. The van der Waals surface area contributed by atoms with E-state index in [0.29, 0.717) is 11.7 Å². The maximum Gasteiger partial charge on any atom is 0.191 e. The summed E-state index contributed by atoms with van der Waals surface area (Å²) in [6, 6.07) is 8.44. The summed E-state index contributed by atoms with van der Waals surface area (Å²) >= 11 is 5.38. The Balaban J connectivity index is 0.00000242. The van der Waals surface area contributed by atoms with E-state index in [2.05, 4.69) is 49.9 Å². The molecule has 1 aliphatic heterocycles. The van der Waals surface area contributed by atoms with Crippen molar-refractivity contribution in [2.45, 2.75) is 45.4 Å². The average Bonchev–Trinajstić information content (AvgIpc) is 2.47. The molecule has 0 aromatic heterocycles. The van der Waals surface area contributed by atoms with Crippen molar-refractivity contribution in [3.8, 4) is 0 Å². The molecule has 0 radical (unpaired) electrons. The van der Waals surface area contributed by atoms with Gasteiger partial charge < -0.3 is 4.74 Å². The third kappa shape index (κ3) is 5.86. The second-order valence-corrected chi connectivity index (χ2v) is 7.24. The Kier molecular flexibility index (Phi) is 7.81. The molecule has 124 valence electrons. The van der Waals surface area contributed by atoms with Gasteiger partial charge in [0.1, 0.15) is 6.61 Å². The molecule has 1 saturated heterocycles. The number of benzene rings is 1. The van der Waals surface area contributed by atoms with Crippen LogP contribution in [0.25, 0.3) is 0 Å². The van der Waals surface area contributed by atoms with E-state index in [1.807, 2.05) is 0 Å². The predicted octanol–water partition coefficient (Wildman–Crippen LogP) is 4.58. The van der Waals surface area contributed by atoms with Gasteiger partial charge in [-0.05, 0) is 49.1 Å². The summed E-state index contributed by atoms with van der Waals surface area (Å²) in [5.74, 6) is 0. The molecule has 1 aliphatic rings. The first-order valence-corrected chi connectivity index (χ1v) is 8.38. The number of hydrogen-bond acceptors (Lipinski definition) is 3. The number of nitrogens with zero attached hydrogens (tertiary/aromatic N) is 1. The summed E-state index contributed by atoms with van der Waals surface area (Å²) in [6.45, 7) is 10.7. The molecule has 0 spiro atoms. The lowest BCUT2D eigenvalue weighted by atomic mass is 9.87. The van der Waals surface area contributed by atoms with E-state index in [-0.39, 0.29) is 17.8 Å². The first-order valence-electron chi connectivity index (χ1n) is 7.97. The van der Waals surface area contributed by atoms with Gasteiger partial charge >= 0.3 is 0 Å². The van der Waals surface area contributed by atoms with Crippen LogP contribution in [0.5, 0.6) is 0 Å². The quantitative estimate of drug-likeness (QED) is 0.743. The largest absolute Gasteiger partial charge is 0.482 e. The Morgan fingerprint density at radius 2 is 1.68 bits per heavy atom. The average molecular weight is 342 g/mol. The highest BCUT2D eigenvalue weighted by atomic mass is 35.5. The van der Waals surface area contributed by atoms with Crippen LogP contribution in [0.15, 0.2) is 24.3 Å². The van der Waals surface area contributed by atoms with Crippen molar-refractivity contribution >= 4 is 29.7 Å². The minimum Gasteiger partial charge on any atom is -0.482 e. The van der Waals surface area contributed by atoms with Gasteiger partial charge in [-0.1, -0.05) is 51.5 Å². The van der Waals surface area contributed by atoms with Crippen molar-refractivity contribution in [1.29, 1.82) is 0 Å². The van der Waals surface area contributed by atoms with Crippen LogP contribution in [-0.4, -0.2) is 36.2 Å². The van der Waals surface area contributed by atoms with Crippen molar-refractivity contribution in [3.63, 3.8) is 0 Å². The fourth-order valence-corrected chi connectivity index (χ4v) is 2.86. The maximum absolute atomic E-state index is 5.75. The Bertz CT molecular complexity index is 461. The van der Waals surface area contributed by atoms with Gasteiger partial charge in [0, 0.05) is 12.1 Å². The van der Waals surface area contributed by atoms with Crippen molar-refractivity contribution in [2.75, 3.05) is 26.2 Å². The fourth-order valence-electron chi connectivity index (χ4n) is 2.64. The zero-order chi connectivity index (χ0) is 15.3. The second-order valence-electron chi connectivity index (χ2n) is 6.87. The molecular weight excluding hydrogens is 314 g/mol. The molecule has 0 bridgehead atoms. The third-order valence-electron chi connectivity index (χ3n) is 4.08. The summed E-state index contributed by atoms with van der Waals surface area (Å²) in [6.07, 6.45) is 4.01. The Morgan fingerprint density at radius 3 is 2.23 bits per heavy atom. The Hall–Kier alpha value is -0.640. The van der Waals surface area contributed by atoms with Gasteiger partial charge in [0.2, 0.25) is 0 Å². The molecule has 2 rings (SSSR count). The molecular formula is C18H28ClNOS. The van der Waals surface area contributed by atoms with E-state index >= 15 is 0 Å². The van der Waals surface area contributed by atoms with Crippen LogP contribution in [0.1, 0.15) is 51.2 Å². The highest BCUT2D eigenvalue weighted by Crippen LogP contribution is 2.22. The molecule has 0 amide bonds. The molecule has 0 unspecified atom stereocenters. The summed E-state index contributed by atoms with van der Waals surface area (Å²) in [5.41, 5.74) is 2.51. The van der Waals surface area contributed by atoms with E-state index in [0.717, 1.165) is 12.1 Å². The molecule has 4 heteroatoms. The third-order valence-corrected chi connectivity index (χ3v) is 4.43. The number of thiocarbonyl (C=S) groups is 1. The number of hydrogen-bond donors (Lipinski definition) is 0. The predicted molar refractivity (Wildman–Crippen MR) is 100 cm³/mol. The summed E-state index contributed by atoms with van der Waals surface area (Å²) in [5, 5.41) is 0.618. The minimum atomic E-state index is 0. The van der Waals surface area contributed by atoms with Gasteiger partial charge in [0.25, 0.3) is 0 Å². The van der Waals surface area contributed by atoms with Gasteiger partial charge in [-0.15, -0.1) is 12.4 Å². The summed E-state index contributed by atoms with van der Waals surface area (Å²) < 4.78 is 5.75. The number of rotatable bonds is 4. The number of ether oxygens (including phenoxy) is 1. The molecule has 0 atom stereocenters. The van der Waals surface area contributed by atoms with Crippen molar-refractivity contribution in [3.05, 3.63) is 35.4 Å². The summed E-state index contributed by atoms with van der Waals surface area (Å²) in [4.78, 5) is 2.47. The van der Waals surface area contributed by atoms with Gasteiger partial charge in [-0.25, -0.2) is 0 Å². The van der Waals surface area contributed by atoms with E-state index in [9.17, 15) is 0 Å². The van der Waals surface area contributed by atoms with Gasteiger partial charge in [-0.2, -0.15) is 0 Å². The van der Waals surface area contributed by atoms with Crippen LogP contribution in [0.3, 0.4) is 0 Å². The van der Waals surface area contributed by atoms with Crippen LogP contribution in [-0.2, 0) is 10.2 Å². The molecule has 2 nitrogen and oxygen atoms in total. The fraction of sp³-hybridized carbons (Fsp3) is 0.611. The van der Waals surface area contributed by atoms with Crippen LogP contribution < -0.4 is 0 Å². The van der Waals surface area contributed by atoms with Crippen LogP contribution in [0.4, 0.5) is 0 Å². The standard InChI is InChI=1S/C18H27NOS.ClH/c1-18(2,3)16-9-7-15(8-10-16)17(21)20-14-13-19-11-5-4-6-12-19;/h7-10H,4-6,11-14H2,1-3H3;1H. The molecule has 0 saturated carbocycles. The first-order chi connectivity index (χ1) is 9.97. The lowest BCUT2D eigenvalue weighted by Crippen LogP contribution is -2.33. The van der Waals surface area contributed by atoms with Crippen molar-refractivity contribution < 1.29 is 4.74 Å². The zero-order valence-corrected chi connectivity index (χ0v) is 15.6. The number of likely N-dealkylation sites (tertiary alicyclic amines) is 1.